The number of fused-ring (bicyclic) bond motifs is 2. The maximum atomic E-state index is 12.0. The second-order valence-corrected chi connectivity index (χ2v) is 8.18. The monoisotopic (exact) mass is 394 g/mol. The van der Waals surface area contributed by atoms with Crippen LogP contribution in [0.4, 0.5) is 0 Å². The van der Waals surface area contributed by atoms with E-state index in [1.807, 2.05) is 35.1 Å². The molecule has 2 fully saturated rings. The molecule has 2 aliphatic heterocycles. The molecule has 0 saturated carbocycles. The van der Waals surface area contributed by atoms with Crippen molar-refractivity contribution in [2.24, 2.45) is 0 Å². The van der Waals surface area contributed by atoms with Crippen molar-refractivity contribution in [3.05, 3.63) is 42.9 Å². The minimum Gasteiger partial charge on any atom is -0.375 e. The quantitative estimate of drug-likeness (QED) is 0.674. The molecule has 0 bridgehead atoms. The van der Waals surface area contributed by atoms with Gasteiger partial charge in [0.05, 0.1) is 30.8 Å². The van der Waals surface area contributed by atoms with Crippen molar-refractivity contribution in [2.45, 2.75) is 31.0 Å². The van der Waals surface area contributed by atoms with Crippen LogP contribution in [0.25, 0.3) is 17.0 Å². The Morgan fingerprint density at radius 3 is 2.97 bits per heavy atom. The van der Waals surface area contributed by atoms with Crippen molar-refractivity contribution in [3.63, 3.8) is 0 Å². The topological polar surface area (TPSA) is 67.9 Å². The smallest absolute Gasteiger partial charge is 0.224 e. The fourth-order valence-corrected chi connectivity index (χ4v) is 4.54. The second-order valence-electron chi connectivity index (χ2n) is 8.18. The summed E-state index contributed by atoms with van der Waals surface area (Å²) in [6.07, 6.45) is 7.18. The maximum absolute atomic E-state index is 12.0. The van der Waals surface area contributed by atoms with Gasteiger partial charge in [0.1, 0.15) is 5.69 Å². The van der Waals surface area contributed by atoms with Crippen molar-refractivity contribution < 1.29 is 9.53 Å². The minimum absolute atomic E-state index is 0.0278. The van der Waals surface area contributed by atoms with E-state index in [0.717, 1.165) is 36.5 Å². The summed E-state index contributed by atoms with van der Waals surface area (Å²) in [7, 11) is 3.58. The highest BCUT2D eigenvalue weighted by molar-refractivity contribution is 5.76. The average molecular weight is 394 g/mol. The Labute approximate surface area is 169 Å². The van der Waals surface area contributed by atoms with E-state index in [-0.39, 0.29) is 12.0 Å². The van der Waals surface area contributed by atoms with Crippen molar-refractivity contribution in [2.75, 3.05) is 33.8 Å². The van der Waals surface area contributed by atoms with E-state index in [2.05, 4.69) is 31.8 Å². The van der Waals surface area contributed by atoms with Crippen LogP contribution in [0, 0.1) is 0 Å². The van der Waals surface area contributed by atoms with Gasteiger partial charge in [-0.2, -0.15) is 5.10 Å². The molecule has 1 amide bonds. The van der Waals surface area contributed by atoms with Crippen LogP contribution in [0.3, 0.4) is 0 Å². The van der Waals surface area contributed by atoms with Gasteiger partial charge in [-0.15, -0.1) is 0 Å². The van der Waals surface area contributed by atoms with Gasteiger partial charge in [0.15, 0.2) is 5.82 Å². The van der Waals surface area contributed by atoms with E-state index >= 15 is 0 Å². The Balaban J connectivity index is 1.35. The summed E-state index contributed by atoms with van der Waals surface area (Å²) in [6.45, 7) is 2.43. The number of amides is 1. The van der Waals surface area contributed by atoms with Crippen LogP contribution in [0.15, 0.2) is 42.9 Å². The summed E-state index contributed by atoms with van der Waals surface area (Å²) < 4.78 is 10.2. The Bertz CT molecular complexity index is 1030. The van der Waals surface area contributed by atoms with Crippen LogP contribution < -0.4 is 0 Å². The fraction of sp³-hybridized carbons (Fsp3) is 0.476. The van der Waals surface area contributed by atoms with Crippen LogP contribution in [-0.2, 0) is 9.53 Å². The molecule has 0 aromatic carbocycles. The van der Waals surface area contributed by atoms with Gasteiger partial charge in [-0.3, -0.25) is 9.69 Å². The van der Waals surface area contributed by atoms with E-state index in [1.54, 1.807) is 19.0 Å². The van der Waals surface area contributed by atoms with Gasteiger partial charge in [0.25, 0.3) is 0 Å². The predicted octanol–water partition coefficient (Wildman–Crippen LogP) is 1.69. The molecule has 0 radical (unpaired) electrons. The summed E-state index contributed by atoms with van der Waals surface area (Å²) in [5, 5.41) is 4.46. The summed E-state index contributed by atoms with van der Waals surface area (Å²) >= 11 is 0. The van der Waals surface area contributed by atoms with E-state index in [0.29, 0.717) is 25.1 Å². The van der Waals surface area contributed by atoms with Crippen LogP contribution in [0.1, 0.15) is 18.9 Å². The molecule has 5 rings (SSSR count). The molecule has 2 saturated heterocycles. The fourth-order valence-electron chi connectivity index (χ4n) is 4.54. The molecule has 0 spiro atoms. The first kappa shape index (κ1) is 18.3. The highest BCUT2D eigenvalue weighted by Crippen LogP contribution is 2.34. The minimum atomic E-state index is -0.0278. The highest BCUT2D eigenvalue weighted by Gasteiger charge is 2.39. The van der Waals surface area contributed by atoms with E-state index in [4.69, 9.17) is 4.74 Å². The molecule has 3 aromatic heterocycles. The second kappa shape index (κ2) is 7.27. The maximum Gasteiger partial charge on any atom is 0.224 e. The number of rotatable bonds is 4. The van der Waals surface area contributed by atoms with E-state index < -0.39 is 0 Å². The average Bonchev–Trinajstić information content (AvgIpc) is 3.45. The standard InChI is InChI=1S/C21H26N6O2/c1-24(2)20(28)11-18-13-25-12-16(10-17(25)14-29-18)26-9-8-22-21(26)19-5-3-4-15-6-7-23-27(15)19/h3-9,16-18H,10-14H2,1-2H3/t16-,17+,18+/m1/s1. The first-order valence-electron chi connectivity index (χ1n) is 10.1. The number of hydrogen-bond donors (Lipinski definition) is 0. The number of morpholine rings is 1. The van der Waals surface area contributed by atoms with Crippen molar-refractivity contribution in [3.8, 4) is 11.5 Å². The van der Waals surface area contributed by atoms with Gasteiger partial charge in [0, 0.05) is 51.7 Å². The van der Waals surface area contributed by atoms with E-state index in [1.165, 1.54) is 0 Å². The van der Waals surface area contributed by atoms with Gasteiger partial charge >= 0.3 is 0 Å². The number of nitrogens with zero attached hydrogens (tertiary/aromatic N) is 6. The first-order chi connectivity index (χ1) is 14.1. The normalized spacial score (nSPS) is 24.7. The molecule has 29 heavy (non-hydrogen) atoms. The Hall–Kier alpha value is -2.71. The number of aromatic nitrogens is 4. The molecule has 3 atom stereocenters. The molecule has 2 aliphatic rings. The van der Waals surface area contributed by atoms with E-state index in [9.17, 15) is 4.79 Å². The zero-order valence-corrected chi connectivity index (χ0v) is 16.8. The van der Waals surface area contributed by atoms with Gasteiger partial charge in [-0.05, 0) is 24.6 Å². The lowest BCUT2D eigenvalue weighted by Gasteiger charge is -2.35. The molecule has 5 heterocycles. The lowest BCUT2D eigenvalue weighted by atomic mass is 10.1. The summed E-state index contributed by atoms with van der Waals surface area (Å²) in [5.74, 6) is 1.05. The third-order valence-electron chi connectivity index (χ3n) is 6.08. The molecule has 0 unspecified atom stereocenters. The molecular weight excluding hydrogens is 368 g/mol. The van der Waals surface area contributed by atoms with Crippen molar-refractivity contribution in [1.29, 1.82) is 0 Å². The SMILES string of the molecule is CN(C)C(=O)C[C@H]1CN2C[C@H](n3ccnc3-c3cccc4ccnn34)C[C@H]2CO1. The molecule has 0 aliphatic carbocycles. The number of pyridine rings is 1. The summed E-state index contributed by atoms with van der Waals surface area (Å²) in [4.78, 5) is 20.8. The number of hydrogen-bond acceptors (Lipinski definition) is 5. The lowest BCUT2D eigenvalue weighted by Crippen LogP contribution is -2.47. The Kier molecular flexibility index (Phi) is 4.60. The van der Waals surface area contributed by atoms with Crippen LogP contribution in [0.2, 0.25) is 0 Å². The molecule has 152 valence electrons. The van der Waals surface area contributed by atoms with Gasteiger partial charge < -0.3 is 14.2 Å². The number of carbonyl (C=O) groups is 1. The molecule has 0 N–H and O–H groups in total. The van der Waals surface area contributed by atoms with Gasteiger partial charge in [0.2, 0.25) is 5.91 Å². The zero-order chi connectivity index (χ0) is 20.0. The number of imidazole rings is 1. The number of ether oxygens (including phenoxy) is 1. The van der Waals surface area contributed by atoms with Crippen molar-refractivity contribution >= 4 is 11.4 Å². The van der Waals surface area contributed by atoms with Crippen molar-refractivity contribution in [1.82, 2.24) is 29.0 Å². The zero-order valence-electron chi connectivity index (χ0n) is 16.8. The van der Waals surface area contributed by atoms with Crippen LogP contribution in [-0.4, -0.2) is 80.8 Å². The third kappa shape index (κ3) is 3.32. The number of carbonyl (C=O) groups excluding carboxylic acids is 1. The van der Waals surface area contributed by atoms with Gasteiger partial charge in [-0.25, -0.2) is 9.50 Å². The molecule has 8 heteroatoms. The molecule has 8 nitrogen and oxygen atoms in total. The summed E-state index contributed by atoms with van der Waals surface area (Å²) in [6, 6.07) is 8.87. The Morgan fingerprint density at radius 2 is 2.10 bits per heavy atom. The first-order valence-corrected chi connectivity index (χ1v) is 10.1. The summed E-state index contributed by atoms with van der Waals surface area (Å²) in [5.41, 5.74) is 2.05. The predicted molar refractivity (Wildman–Crippen MR) is 108 cm³/mol. The molecule has 3 aromatic rings. The lowest BCUT2D eigenvalue weighted by molar-refractivity contribution is -0.134. The van der Waals surface area contributed by atoms with Crippen LogP contribution in [0.5, 0.6) is 0 Å². The van der Waals surface area contributed by atoms with Gasteiger partial charge in [-0.1, -0.05) is 6.07 Å². The highest BCUT2D eigenvalue weighted by atomic mass is 16.5. The third-order valence-corrected chi connectivity index (χ3v) is 6.08. The Morgan fingerprint density at radius 1 is 1.21 bits per heavy atom. The largest absolute Gasteiger partial charge is 0.375 e. The van der Waals surface area contributed by atoms with Crippen LogP contribution >= 0.6 is 0 Å². The molecular formula is C21H26N6O2.